The van der Waals surface area contributed by atoms with E-state index in [1.165, 1.54) is 4.88 Å². The zero-order chi connectivity index (χ0) is 9.64. The highest BCUT2D eigenvalue weighted by Crippen LogP contribution is 2.65. The Bertz CT molecular complexity index is 318. The first-order valence-electron chi connectivity index (χ1n) is 4.52. The van der Waals surface area contributed by atoms with Crippen LogP contribution in [0.1, 0.15) is 24.6 Å². The van der Waals surface area contributed by atoms with E-state index in [1.54, 1.807) is 11.3 Å². The molecular weight excluding hydrogens is 202 g/mol. The van der Waals surface area contributed by atoms with E-state index < -0.39 is 0 Å². The van der Waals surface area contributed by atoms with Crippen LogP contribution in [0.4, 0.5) is 0 Å². The van der Waals surface area contributed by atoms with E-state index in [2.05, 4.69) is 19.2 Å². The van der Waals surface area contributed by atoms with Crippen LogP contribution < -0.4 is 5.73 Å². The summed E-state index contributed by atoms with van der Waals surface area (Å²) in [5, 5.41) is 2.97. The van der Waals surface area contributed by atoms with Crippen LogP contribution in [0.25, 0.3) is 0 Å². The molecule has 1 fully saturated rings. The summed E-state index contributed by atoms with van der Waals surface area (Å²) >= 11 is 7.85. The van der Waals surface area contributed by atoms with Crippen molar-refractivity contribution in [2.45, 2.75) is 19.8 Å². The lowest BCUT2D eigenvalue weighted by atomic mass is 10.1. The third-order valence-electron chi connectivity index (χ3n) is 3.23. The van der Waals surface area contributed by atoms with Gasteiger partial charge in [0.15, 0.2) is 0 Å². The molecule has 1 nitrogen and oxygen atoms in total. The first-order chi connectivity index (χ1) is 6.09. The smallest absolute Gasteiger partial charge is 0.0548 e. The Morgan fingerprint density at radius 2 is 2.31 bits per heavy atom. The Labute approximate surface area is 87.9 Å². The van der Waals surface area contributed by atoms with Gasteiger partial charge in [-0.1, -0.05) is 25.4 Å². The van der Waals surface area contributed by atoms with Gasteiger partial charge < -0.3 is 5.73 Å². The SMILES string of the molecule is CC1(C)[C@@H](CN)[C@@H]1c1sccc1Cl. The monoisotopic (exact) mass is 215 g/mol. The molecule has 0 bridgehead atoms. The van der Waals surface area contributed by atoms with E-state index in [1.807, 2.05) is 6.07 Å². The zero-order valence-corrected chi connectivity index (χ0v) is 9.45. The Morgan fingerprint density at radius 1 is 1.62 bits per heavy atom. The van der Waals surface area contributed by atoms with Crippen molar-refractivity contribution in [2.24, 2.45) is 17.1 Å². The lowest BCUT2D eigenvalue weighted by Crippen LogP contribution is -2.05. The summed E-state index contributed by atoms with van der Waals surface area (Å²) < 4.78 is 0. The van der Waals surface area contributed by atoms with Crippen molar-refractivity contribution < 1.29 is 0 Å². The molecule has 2 N–H and O–H groups in total. The lowest BCUT2D eigenvalue weighted by molar-refractivity contribution is 0.559. The normalized spacial score (nSPS) is 30.5. The van der Waals surface area contributed by atoms with E-state index in [0.717, 1.165) is 11.6 Å². The van der Waals surface area contributed by atoms with E-state index in [9.17, 15) is 0 Å². The highest BCUT2D eigenvalue weighted by Gasteiger charge is 2.58. The molecule has 72 valence electrons. The second-order valence-electron chi connectivity index (χ2n) is 4.27. The quantitative estimate of drug-likeness (QED) is 0.806. The van der Waals surface area contributed by atoms with Crippen LogP contribution >= 0.6 is 22.9 Å². The molecule has 0 radical (unpaired) electrons. The number of rotatable bonds is 2. The minimum Gasteiger partial charge on any atom is -0.330 e. The molecule has 0 unspecified atom stereocenters. The molecule has 0 amide bonds. The van der Waals surface area contributed by atoms with Crippen LogP contribution in [0.15, 0.2) is 11.4 Å². The van der Waals surface area contributed by atoms with Crippen molar-refractivity contribution in [3.05, 3.63) is 21.3 Å². The van der Waals surface area contributed by atoms with Gasteiger partial charge in [0.2, 0.25) is 0 Å². The summed E-state index contributed by atoms with van der Waals surface area (Å²) in [6.45, 7) is 5.31. The zero-order valence-electron chi connectivity index (χ0n) is 7.88. The van der Waals surface area contributed by atoms with Crippen LogP contribution in [-0.2, 0) is 0 Å². The molecule has 0 aromatic carbocycles. The standard InChI is InChI=1S/C10H14ClNS/c1-10(2)6(5-12)8(10)9-7(11)3-4-13-9/h3-4,6,8H,5,12H2,1-2H3/t6-,8+/m0/s1. The molecule has 3 heteroatoms. The van der Waals surface area contributed by atoms with Gasteiger partial charge in [-0.2, -0.15) is 0 Å². The van der Waals surface area contributed by atoms with Gasteiger partial charge in [-0.15, -0.1) is 11.3 Å². The Morgan fingerprint density at radius 3 is 2.69 bits per heavy atom. The van der Waals surface area contributed by atoms with Gasteiger partial charge in [-0.05, 0) is 29.3 Å². The van der Waals surface area contributed by atoms with Crippen molar-refractivity contribution in [1.29, 1.82) is 0 Å². The highest BCUT2D eigenvalue weighted by molar-refractivity contribution is 7.10. The lowest BCUT2D eigenvalue weighted by Gasteiger charge is -2.00. The molecular formula is C10H14ClNS. The predicted molar refractivity (Wildman–Crippen MR) is 58.4 cm³/mol. The van der Waals surface area contributed by atoms with E-state index in [4.69, 9.17) is 17.3 Å². The summed E-state index contributed by atoms with van der Waals surface area (Å²) in [5.41, 5.74) is 6.07. The number of hydrogen-bond acceptors (Lipinski definition) is 2. The maximum atomic E-state index is 6.09. The number of hydrogen-bond donors (Lipinski definition) is 1. The predicted octanol–water partition coefficient (Wildman–Crippen LogP) is 3.10. The topological polar surface area (TPSA) is 26.0 Å². The fourth-order valence-electron chi connectivity index (χ4n) is 2.23. The summed E-state index contributed by atoms with van der Waals surface area (Å²) in [5.74, 6) is 1.20. The maximum Gasteiger partial charge on any atom is 0.0548 e. The number of nitrogens with two attached hydrogens (primary N) is 1. The molecule has 0 spiro atoms. The summed E-state index contributed by atoms with van der Waals surface area (Å²) in [4.78, 5) is 1.32. The van der Waals surface area contributed by atoms with Gasteiger partial charge in [0, 0.05) is 10.8 Å². The van der Waals surface area contributed by atoms with Gasteiger partial charge >= 0.3 is 0 Å². The largest absolute Gasteiger partial charge is 0.330 e. The van der Waals surface area contributed by atoms with Crippen LogP contribution in [0.2, 0.25) is 5.02 Å². The van der Waals surface area contributed by atoms with Crippen LogP contribution in [0.5, 0.6) is 0 Å². The Kier molecular flexibility index (Phi) is 2.17. The fraction of sp³-hybridized carbons (Fsp3) is 0.600. The van der Waals surface area contributed by atoms with Crippen molar-refractivity contribution in [3.8, 4) is 0 Å². The number of thiophene rings is 1. The maximum absolute atomic E-state index is 6.09. The third kappa shape index (κ3) is 1.32. The molecule has 1 aromatic heterocycles. The number of halogens is 1. The van der Waals surface area contributed by atoms with E-state index in [-0.39, 0.29) is 0 Å². The first kappa shape index (κ1) is 9.50. The minimum atomic E-state index is 0.350. The first-order valence-corrected chi connectivity index (χ1v) is 5.77. The summed E-state index contributed by atoms with van der Waals surface area (Å²) in [6, 6.07) is 1.98. The fourth-order valence-corrected chi connectivity index (χ4v) is 3.77. The molecule has 1 saturated carbocycles. The average Bonchev–Trinajstić information content (AvgIpc) is 2.41. The van der Waals surface area contributed by atoms with Gasteiger partial charge in [0.1, 0.15) is 0 Å². The second kappa shape index (κ2) is 2.97. The Hall–Kier alpha value is -0.0500. The molecule has 0 saturated heterocycles. The van der Waals surface area contributed by atoms with Crippen molar-refractivity contribution in [2.75, 3.05) is 6.54 Å². The second-order valence-corrected chi connectivity index (χ2v) is 5.63. The molecule has 1 aromatic rings. The van der Waals surface area contributed by atoms with Gasteiger partial charge in [-0.3, -0.25) is 0 Å². The highest BCUT2D eigenvalue weighted by atomic mass is 35.5. The molecule has 0 aliphatic heterocycles. The molecule has 2 rings (SSSR count). The molecule has 2 atom stereocenters. The van der Waals surface area contributed by atoms with Crippen molar-refractivity contribution >= 4 is 22.9 Å². The van der Waals surface area contributed by atoms with Crippen LogP contribution in [0, 0.1) is 11.3 Å². The van der Waals surface area contributed by atoms with Crippen LogP contribution in [0.3, 0.4) is 0 Å². The van der Waals surface area contributed by atoms with E-state index in [0.29, 0.717) is 17.3 Å². The van der Waals surface area contributed by atoms with Gasteiger partial charge in [0.25, 0.3) is 0 Å². The Balaban J connectivity index is 2.26. The van der Waals surface area contributed by atoms with Crippen molar-refractivity contribution in [1.82, 2.24) is 0 Å². The molecule has 13 heavy (non-hydrogen) atoms. The summed E-state index contributed by atoms with van der Waals surface area (Å²) in [7, 11) is 0. The molecule has 1 aliphatic rings. The van der Waals surface area contributed by atoms with E-state index >= 15 is 0 Å². The molecule has 1 heterocycles. The van der Waals surface area contributed by atoms with Gasteiger partial charge in [-0.25, -0.2) is 0 Å². The summed E-state index contributed by atoms with van der Waals surface area (Å²) in [6.07, 6.45) is 0. The van der Waals surface area contributed by atoms with Crippen molar-refractivity contribution in [3.63, 3.8) is 0 Å². The average molecular weight is 216 g/mol. The van der Waals surface area contributed by atoms with Crippen LogP contribution in [-0.4, -0.2) is 6.54 Å². The molecule has 1 aliphatic carbocycles. The third-order valence-corrected chi connectivity index (χ3v) is 4.67. The minimum absolute atomic E-state index is 0.350. The van der Waals surface area contributed by atoms with Gasteiger partial charge in [0.05, 0.1) is 5.02 Å².